The molecule has 0 spiro atoms. The van der Waals surface area contributed by atoms with Crippen LogP contribution in [0, 0.1) is 5.92 Å². The Morgan fingerprint density at radius 1 is 1.47 bits per heavy atom. The van der Waals surface area contributed by atoms with Gasteiger partial charge in [-0.25, -0.2) is 0 Å². The van der Waals surface area contributed by atoms with Gasteiger partial charge in [-0.05, 0) is 18.8 Å². The minimum Gasteiger partial charge on any atom is -0.394 e. The van der Waals surface area contributed by atoms with Crippen LogP contribution in [0.3, 0.4) is 0 Å². The second-order valence-electron chi connectivity index (χ2n) is 4.86. The summed E-state index contributed by atoms with van der Waals surface area (Å²) in [6.45, 7) is 2.41. The van der Waals surface area contributed by atoms with Crippen molar-refractivity contribution in [2.45, 2.75) is 44.2 Å². The second kappa shape index (κ2) is 5.80. The maximum Gasteiger partial charge on any atom is 0.0895 e. The van der Waals surface area contributed by atoms with Gasteiger partial charge in [0.2, 0.25) is 0 Å². The first kappa shape index (κ1) is 12.9. The lowest BCUT2D eigenvalue weighted by atomic mass is 9.77. The lowest BCUT2D eigenvalue weighted by molar-refractivity contribution is 0.0566. The monoisotopic (exact) mass is 217 g/mol. The summed E-state index contributed by atoms with van der Waals surface area (Å²) in [6.07, 6.45) is 3.49. The fraction of sp³-hybridized carbons (Fsp3) is 1.00. The van der Waals surface area contributed by atoms with Gasteiger partial charge in [-0.15, -0.1) is 0 Å². The van der Waals surface area contributed by atoms with Gasteiger partial charge in [-0.3, -0.25) is 0 Å². The predicted octanol–water partition coefficient (Wildman–Crippen LogP) is -0.130. The highest BCUT2D eigenvalue weighted by atomic mass is 16.3. The average Bonchev–Trinajstić information content (AvgIpc) is 2.26. The third-order valence-electron chi connectivity index (χ3n) is 3.32. The molecule has 0 heterocycles. The molecule has 0 aromatic heterocycles. The molecule has 1 aliphatic carbocycles. The van der Waals surface area contributed by atoms with Gasteiger partial charge < -0.3 is 20.6 Å². The van der Waals surface area contributed by atoms with E-state index in [1.54, 1.807) is 0 Å². The molecule has 1 rings (SSSR count). The summed E-state index contributed by atoms with van der Waals surface area (Å²) in [6, 6.07) is 0. The first-order valence-electron chi connectivity index (χ1n) is 5.77. The van der Waals surface area contributed by atoms with E-state index < -0.39 is 6.10 Å². The van der Waals surface area contributed by atoms with Crippen molar-refractivity contribution >= 4 is 0 Å². The van der Waals surface area contributed by atoms with Crippen LogP contribution >= 0.6 is 0 Å². The molecule has 0 saturated heterocycles. The minimum atomic E-state index is -0.731. The SMILES string of the molecule is CC1CCCC(CO)(NC[C@H](O)CO)C1. The standard InChI is InChI=1S/C11H23NO3/c1-9-3-2-4-11(5-9,8-14)12-6-10(15)7-13/h9-10,12-15H,2-8H2,1H3/t9?,10-,11?/m0/s1. The number of hydrogen-bond acceptors (Lipinski definition) is 4. The van der Waals surface area contributed by atoms with E-state index in [9.17, 15) is 10.2 Å². The van der Waals surface area contributed by atoms with Gasteiger partial charge >= 0.3 is 0 Å². The molecule has 4 nitrogen and oxygen atoms in total. The van der Waals surface area contributed by atoms with Crippen LogP contribution in [0.15, 0.2) is 0 Å². The molecule has 0 amide bonds. The van der Waals surface area contributed by atoms with E-state index in [1.807, 2.05) is 0 Å². The first-order valence-corrected chi connectivity index (χ1v) is 5.77. The van der Waals surface area contributed by atoms with Gasteiger partial charge in [0, 0.05) is 12.1 Å². The van der Waals surface area contributed by atoms with Gasteiger partial charge in [0.15, 0.2) is 0 Å². The molecule has 1 aliphatic rings. The van der Waals surface area contributed by atoms with Crippen LogP contribution in [-0.4, -0.2) is 46.7 Å². The summed E-state index contributed by atoms with van der Waals surface area (Å²) >= 11 is 0. The van der Waals surface area contributed by atoms with Crippen molar-refractivity contribution in [3.05, 3.63) is 0 Å². The molecule has 0 aromatic carbocycles. The summed E-state index contributed by atoms with van der Waals surface area (Å²) in [5, 5.41) is 30.6. The molecule has 4 N–H and O–H groups in total. The van der Waals surface area contributed by atoms with Crippen molar-refractivity contribution in [1.29, 1.82) is 0 Å². The number of aliphatic hydroxyl groups is 3. The quantitative estimate of drug-likeness (QED) is 0.518. The second-order valence-corrected chi connectivity index (χ2v) is 4.86. The topological polar surface area (TPSA) is 72.7 Å². The molecule has 90 valence electrons. The Morgan fingerprint density at radius 3 is 2.73 bits per heavy atom. The molecule has 1 fully saturated rings. The zero-order valence-corrected chi connectivity index (χ0v) is 9.45. The molecule has 4 heteroatoms. The van der Waals surface area contributed by atoms with E-state index in [4.69, 9.17) is 5.11 Å². The molecule has 0 aromatic rings. The zero-order valence-electron chi connectivity index (χ0n) is 9.45. The maximum absolute atomic E-state index is 9.44. The van der Waals surface area contributed by atoms with Crippen LogP contribution in [0.2, 0.25) is 0 Å². The Morgan fingerprint density at radius 2 is 2.20 bits per heavy atom. The first-order chi connectivity index (χ1) is 7.12. The fourth-order valence-corrected chi connectivity index (χ4v) is 2.42. The molecular formula is C11H23NO3. The van der Waals surface area contributed by atoms with Crippen LogP contribution in [0.1, 0.15) is 32.6 Å². The van der Waals surface area contributed by atoms with Gasteiger partial charge in [0.05, 0.1) is 19.3 Å². The van der Waals surface area contributed by atoms with Crippen LogP contribution in [0.5, 0.6) is 0 Å². The highest BCUT2D eigenvalue weighted by Crippen LogP contribution is 2.31. The number of nitrogens with one attached hydrogen (secondary N) is 1. The van der Waals surface area contributed by atoms with Crippen LogP contribution in [-0.2, 0) is 0 Å². The van der Waals surface area contributed by atoms with Gasteiger partial charge in [0.25, 0.3) is 0 Å². The Bertz CT molecular complexity index is 189. The van der Waals surface area contributed by atoms with Crippen molar-refractivity contribution in [2.24, 2.45) is 5.92 Å². The lowest BCUT2D eigenvalue weighted by Crippen LogP contribution is -2.53. The van der Waals surface area contributed by atoms with Gasteiger partial charge in [0.1, 0.15) is 0 Å². The van der Waals surface area contributed by atoms with Crippen molar-refractivity contribution in [2.75, 3.05) is 19.8 Å². The lowest BCUT2D eigenvalue weighted by Gasteiger charge is -2.40. The molecule has 3 atom stereocenters. The Hall–Kier alpha value is -0.160. The van der Waals surface area contributed by atoms with E-state index in [1.165, 1.54) is 6.42 Å². The Labute approximate surface area is 91.3 Å². The van der Waals surface area contributed by atoms with Crippen LogP contribution < -0.4 is 5.32 Å². The normalized spacial score (nSPS) is 34.0. The van der Waals surface area contributed by atoms with Crippen molar-refractivity contribution in [3.8, 4) is 0 Å². The number of hydrogen-bond donors (Lipinski definition) is 4. The van der Waals surface area contributed by atoms with Crippen LogP contribution in [0.25, 0.3) is 0 Å². The predicted molar refractivity (Wildman–Crippen MR) is 58.5 cm³/mol. The summed E-state index contributed by atoms with van der Waals surface area (Å²) in [7, 11) is 0. The number of β-amino-alcohol motifs (C(OH)–C–C–N with tert-alkyl or cyclic N) is 1. The summed E-state index contributed by atoms with van der Waals surface area (Å²) < 4.78 is 0. The third kappa shape index (κ3) is 3.72. The molecule has 0 radical (unpaired) electrons. The highest BCUT2D eigenvalue weighted by molar-refractivity contribution is 4.92. The van der Waals surface area contributed by atoms with E-state index in [0.29, 0.717) is 12.5 Å². The molecule has 2 unspecified atom stereocenters. The van der Waals surface area contributed by atoms with E-state index in [2.05, 4.69) is 12.2 Å². The van der Waals surface area contributed by atoms with E-state index in [0.717, 1.165) is 19.3 Å². The summed E-state index contributed by atoms with van der Waals surface area (Å²) in [5.41, 5.74) is -0.242. The number of rotatable bonds is 5. The van der Waals surface area contributed by atoms with Crippen molar-refractivity contribution in [3.63, 3.8) is 0 Å². The average molecular weight is 217 g/mol. The Kier molecular flexibility index (Phi) is 4.99. The number of aliphatic hydroxyl groups excluding tert-OH is 3. The van der Waals surface area contributed by atoms with Gasteiger partial charge in [-0.1, -0.05) is 19.8 Å². The summed E-state index contributed by atoms with van der Waals surface area (Å²) in [5.74, 6) is 0.615. The highest BCUT2D eigenvalue weighted by Gasteiger charge is 2.34. The maximum atomic E-state index is 9.44. The summed E-state index contributed by atoms with van der Waals surface area (Å²) in [4.78, 5) is 0. The third-order valence-corrected chi connectivity index (χ3v) is 3.32. The van der Waals surface area contributed by atoms with Gasteiger partial charge in [-0.2, -0.15) is 0 Å². The molecule has 0 aliphatic heterocycles. The minimum absolute atomic E-state index is 0.107. The van der Waals surface area contributed by atoms with E-state index >= 15 is 0 Å². The fourth-order valence-electron chi connectivity index (χ4n) is 2.42. The van der Waals surface area contributed by atoms with Crippen LogP contribution in [0.4, 0.5) is 0 Å². The van der Waals surface area contributed by atoms with Crippen molar-refractivity contribution < 1.29 is 15.3 Å². The molecule has 1 saturated carbocycles. The van der Waals surface area contributed by atoms with E-state index in [-0.39, 0.29) is 18.8 Å². The van der Waals surface area contributed by atoms with Crippen molar-refractivity contribution in [1.82, 2.24) is 5.32 Å². The smallest absolute Gasteiger partial charge is 0.0895 e. The Balaban J connectivity index is 2.44. The molecular weight excluding hydrogens is 194 g/mol. The molecule has 15 heavy (non-hydrogen) atoms. The largest absolute Gasteiger partial charge is 0.394 e. The molecule has 0 bridgehead atoms. The zero-order chi connectivity index (χ0) is 11.3.